The lowest BCUT2D eigenvalue weighted by Crippen LogP contribution is -2.38. The first-order chi connectivity index (χ1) is 9.04. The van der Waals surface area contributed by atoms with Gasteiger partial charge in [0.05, 0.1) is 0 Å². The Labute approximate surface area is 120 Å². The van der Waals surface area contributed by atoms with Crippen LogP contribution in [-0.4, -0.2) is 12.3 Å². The van der Waals surface area contributed by atoms with E-state index in [2.05, 4.69) is 6.92 Å². The van der Waals surface area contributed by atoms with Crippen molar-refractivity contribution >= 4 is 6.29 Å². The number of hydrogen-bond acceptors (Lipinski definition) is 2. The number of unbranched alkanes of at least 4 members (excludes halogenated alkanes) is 9. The number of carbonyl (C=O) groups is 1. The Balaban J connectivity index is 3.29. The zero-order chi connectivity index (χ0) is 14.6. The Morgan fingerprint density at radius 1 is 0.895 bits per heavy atom. The zero-order valence-corrected chi connectivity index (χ0v) is 13.4. The molecule has 0 radical (unpaired) electrons. The highest BCUT2D eigenvalue weighted by atomic mass is 16.1. The Kier molecular flexibility index (Phi) is 11.2. The SMILES string of the molecule is CCCCCCCCCCCCC(N)C(C)(C)C=O. The van der Waals surface area contributed by atoms with Crippen LogP contribution in [0.25, 0.3) is 0 Å². The molecule has 2 heteroatoms. The molecule has 0 aliphatic rings. The van der Waals surface area contributed by atoms with Gasteiger partial charge in [-0.25, -0.2) is 0 Å². The molecule has 0 aromatic heterocycles. The monoisotopic (exact) mass is 269 g/mol. The standard InChI is InChI=1S/C17H35NO/c1-4-5-6-7-8-9-10-11-12-13-14-16(18)17(2,3)15-19/h15-16H,4-14,18H2,1-3H3. The maximum Gasteiger partial charge on any atom is 0.127 e. The van der Waals surface area contributed by atoms with Gasteiger partial charge in [0.15, 0.2) is 0 Å². The summed E-state index contributed by atoms with van der Waals surface area (Å²) < 4.78 is 0. The first-order valence-corrected chi connectivity index (χ1v) is 8.26. The van der Waals surface area contributed by atoms with Crippen LogP contribution in [0.3, 0.4) is 0 Å². The average Bonchev–Trinajstić information content (AvgIpc) is 2.40. The third-order valence-corrected chi connectivity index (χ3v) is 4.13. The molecule has 0 bridgehead atoms. The van der Waals surface area contributed by atoms with E-state index in [4.69, 9.17) is 5.73 Å². The molecule has 114 valence electrons. The second-order valence-electron chi connectivity index (χ2n) is 6.52. The van der Waals surface area contributed by atoms with Crippen LogP contribution in [-0.2, 0) is 4.79 Å². The van der Waals surface area contributed by atoms with Gasteiger partial charge in [-0.3, -0.25) is 0 Å². The van der Waals surface area contributed by atoms with E-state index >= 15 is 0 Å². The van der Waals surface area contributed by atoms with Crippen molar-refractivity contribution in [3.8, 4) is 0 Å². The van der Waals surface area contributed by atoms with Gasteiger partial charge in [-0.05, 0) is 6.42 Å². The van der Waals surface area contributed by atoms with E-state index in [1.54, 1.807) is 0 Å². The van der Waals surface area contributed by atoms with Crippen molar-refractivity contribution in [2.45, 2.75) is 97.4 Å². The predicted octanol–water partition coefficient (Wildman–Crippen LogP) is 4.85. The highest BCUT2D eigenvalue weighted by Crippen LogP contribution is 2.20. The van der Waals surface area contributed by atoms with Crippen LogP contribution >= 0.6 is 0 Å². The van der Waals surface area contributed by atoms with Crippen molar-refractivity contribution in [2.75, 3.05) is 0 Å². The summed E-state index contributed by atoms with van der Waals surface area (Å²) in [5, 5.41) is 0. The van der Waals surface area contributed by atoms with Crippen molar-refractivity contribution in [1.82, 2.24) is 0 Å². The highest BCUT2D eigenvalue weighted by Gasteiger charge is 2.24. The molecule has 0 aliphatic heterocycles. The lowest BCUT2D eigenvalue weighted by Gasteiger charge is -2.25. The largest absolute Gasteiger partial charge is 0.327 e. The molecule has 1 unspecified atom stereocenters. The van der Waals surface area contributed by atoms with E-state index in [1.165, 1.54) is 57.8 Å². The highest BCUT2D eigenvalue weighted by molar-refractivity contribution is 5.59. The van der Waals surface area contributed by atoms with Crippen molar-refractivity contribution in [3.05, 3.63) is 0 Å². The molecule has 0 aromatic rings. The average molecular weight is 269 g/mol. The number of carbonyl (C=O) groups excluding carboxylic acids is 1. The molecule has 0 amide bonds. The van der Waals surface area contributed by atoms with Gasteiger partial charge in [-0.2, -0.15) is 0 Å². The maximum absolute atomic E-state index is 10.9. The summed E-state index contributed by atoms with van der Waals surface area (Å²) in [6.45, 7) is 6.12. The topological polar surface area (TPSA) is 43.1 Å². The fraction of sp³-hybridized carbons (Fsp3) is 0.941. The van der Waals surface area contributed by atoms with Gasteiger partial charge in [0.2, 0.25) is 0 Å². The summed E-state index contributed by atoms with van der Waals surface area (Å²) in [5.74, 6) is 0. The minimum atomic E-state index is -0.362. The van der Waals surface area contributed by atoms with Crippen LogP contribution in [0.1, 0.15) is 91.4 Å². The summed E-state index contributed by atoms with van der Waals surface area (Å²) in [6, 6.07) is 0.0130. The molecular weight excluding hydrogens is 234 g/mol. The summed E-state index contributed by atoms with van der Waals surface area (Å²) >= 11 is 0. The van der Waals surface area contributed by atoms with Crippen molar-refractivity contribution in [2.24, 2.45) is 11.1 Å². The summed E-state index contributed by atoms with van der Waals surface area (Å²) in [7, 11) is 0. The smallest absolute Gasteiger partial charge is 0.127 e. The van der Waals surface area contributed by atoms with E-state index in [0.717, 1.165) is 19.1 Å². The first kappa shape index (κ1) is 18.6. The van der Waals surface area contributed by atoms with Crippen LogP contribution in [0.4, 0.5) is 0 Å². The quantitative estimate of drug-likeness (QED) is 0.383. The molecule has 2 N–H and O–H groups in total. The summed E-state index contributed by atoms with van der Waals surface area (Å²) in [4.78, 5) is 10.9. The number of nitrogens with two attached hydrogens (primary N) is 1. The van der Waals surface area contributed by atoms with Crippen molar-refractivity contribution in [3.63, 3.8) is 0 Å². The molecule has 0 saturated heterocycles. The fourth-order valence-electron chi connectivity index (χ4n) is 2.31. The van der Waals surface area contributed by atoms with E-state index in [1.807, 2.05) is 13.8 Å². The Morgan fingerprint density at radius 3 is 1.74 bits per heavy atom. The lowest BCUT2D eigenvalue weighted by atomic mass is 9.84. The zero-order valence-electron chi connectivity index (χ0n) is 13.4. The lowest BCUT2D eigenvalue weighted by molar-refractivity contribution is -0.115. The second-order valence-corrected chi connectivity index (χ2v) is 6.52. The molecule has 0 rings (SSSR count). The summed E-state index contributed by atoms with van der Waals surface area (Å²) in [6.07, 6.45) is 15.4. The van der Waals surface area contributed by atoms with E-state index in [0.29, 0.717) is 0 Å². The molecule has 0 aromatic carbocycles. The molecule has 1 atom stereocenters. The molecule has 0 saturated carbocycles. The van der Waals surface area contributed by atoms with E-state index in [9.17, 15) is 4.79 Å². The number of hydrogen-bond donors (Lipinski definition) is 1. The van der Waals surface area contributed by atoms with E-state index < -0.39 is 0 Å². The van der Waals surface area contributed by atoms with Gasteiger partial charge in [0, 0.05) is 11.5 Å². The van der Waals surface area contributed by atoms with Gasteiger partial charge >= 0.3 is 0 Å². The number of rotatable bonds is 13. The summed E-state index contributed by atoms with van der Waals surface area (Å²) in [5.41, 5.74) is 5.68. The minimum absolute atomic E-state index is 0.0130. The normalized spacial score (nSPS) is 13.5. The third kappa shape index (κ3) is 10.1. The van der Waals surface area contributed by atoms with Crippen LogP contribution in [0.15, 0.2) is 0 Å². The van der Waals surface area contributed by atoms with Gasteiger partial charge in [-0.15, -0.1) is 0 Å². The molecule has 0 aliphatic carbocycles. The van der Waals surface area contributed by atoms with Gasteiger partial charge in [-0.1, -0.05) is 85.0 Å². The van der Waals surface area contributed by atoms with Crippen molar-refractivity contribution in [1.29, 1.82) is 0 Å². The molecular formula is C17H35NO. The van der Waals surface area contributed by atoms with Crippen LogP contribution in [0.5, 0.6) is 0 Å². The fourth-order valence-corrected chi connectivity index (χ4v) is 2.31. The van der Waals surface area contributed by atoms with Crippen LogP contribution in [0, 0.1) is 5.41 Å². The number of aldehydes is 1. The van der Waals surface area contributed by atoms with Crippen molar-refractivity contribution < 1.29 is 4.79 Å². The van der Waals surface area contributed by atoms with Gasteiger partial charge < -0.3 is 10.5 Å². The van der Waals surface area contributed by atoms with E-state index in [-0.39, 0.29) is 11.5 Å². The first-order valence-electron chi connectivity index (χ1n) is 8.26. The van der Waals surface area contributed by atoms with Crippen LogP contribution in [0.2, 0.25) is 0 Å². The second kappa shape index (κ2) is 11.5. The Morgan fingerprint density at radius 2 is 1.32 bits per heavy atom. The molecule has 0 heterocycles. The molecule has 0 spiro atoms. The predicted molar refractivity (Wildman–Crippen MR) is 84.3 cm³/mol. The Bertz CT molecular complexity index is 213. The molecule has 0 fully saturated rings. The minimum Gasteiger partial charge on any atom is -0.327 e. The third-order valence-electron chi connectivity index (χ3n) is 4.13. The molecule has 19 heavy (non-hydrogen) atoms. The Hall–Kier alpha value is -0.370. The maximum atomic E-state index is 10.9. The van der Waals surface area contributed by atoms with Gasteiger partial charge in [0.1, 0.15) is 6.29 Å². The van der Waals surface area contributed by atoms with Crippen LogP contribution < -0.4 is 5.73 Å². The molecule has 2 nitrogen and oxygen atoms in total. The van der Waals surface area contributed by atoms with Gasteiger partial charge in [0.25, 0.3) is 0 Å².